The van der Waals surface area contributed by atoms with Crippen molar-refractivity contribution < 1.29 is 58.7 Å². The highest BCUT2D eigenvalue weighted by molar-refractivity contribution is 5.62. The first-order valence-electron chi connectivity index (χ1n) is 12.6. The third-order valence-corrected chi connectivity index (χ3v) is 6.53. The molecule has 1 aliphatic rings. The van der Waals surface area contributed by atoms with Gasteiger partial charge < -0.3 is 58.7 Å². The van der Waals surface area contributed by atoms with Gasteiger partial charge in [0.2, 0.25) is 11.5 Å². The normalized spacial score (nSPS) is 24.4. The number of phenolic OH excluding ortho intramolecular Hbond substituents is 1. The summed E-state index contributed by atoms with van der Waals surface area (Å²) in [6, 6.07) is 6.53. The standard InChI is InChI=1S/C28H38O12/c1-7-8-15-9-19(36-5)27(20(10-15)37-6)38-14(2)26(16-11-17(34-3)22(30)18(12-16)35-4)40-28-25(33)24(32)23(31)21(13-29)39-28/h7-12,14,21,23-26,28-33H,13H2,1-6H3/b8-7+/t14-,21-,23-,24+,25-,26-,28+/m1/s1. The van der Waals surface area contributed by atoms with Gasteiger partial charge in [0.1, 0.15) is 36.6 Å². The fourth-order valence-electron chi connectivity index (χ4n) is 4.42. The summed E-state index contributed by atoms with van der Waals surface area (Å²) in [6.07, 6.45) is -5.75. The van der Waals surface area contributed by atoms with Crippen LogP contribution in [-0.2, 0) is 9.47 Å². The van der Waals surface area contributed by atoms with E-state index < -0.39 is 49.5 Å². The molecule has 0 spiro atoms. The Balaban J connectivity index is 2.08. The number of aromatic hydroxyl groups is 1. The van der Waals surface area contributed by atoms with Gasteiger partial charge in [-0.25, -0.2) is 0 Å². The van der Waals surface area contributed by atoms with Crippen LogP contribution in [0.25, 0.3) is 6.08 Å². The van der Waals surface area contributed by atoms with Gasteiger partial charge in [-0.15, -0.1) is 0 Å². The summed E-state index contributed by atoms with van der Waals surface area (Å²) in [6.45, 7) is 2.93. The first-order valence-corrected chi connectivity index (χ1v) is 12.6. The lowest BCUT2D eigenvalue weighted by molar-refractivity contribution is -0.317. The molecule has 0 radical (unpaired) electrons. The summed E-state index contributed by atoms with van der Waals surface area (Å²) in [5.41, 5.74) is 1.21. The van der Waals surface area contributed by atoms with Gasteiger partial charge in [-0.2, -0.15) is 0 Å². The second kappa shape index (κ2) is 13.9. The molecule has 5 N–H and O–H groups in total. The number of hydrogen-bond acceptors (Lipinski definition) is 12. The van der Waals surface area contributed by atoms with E-state index in [1.54, 1.807) is 19.1 Å². The summed E-state index contributed by atoms with van der Waals surface area (Å²) < 4.78 is 39.8. The Labute approximate surface area is 232 Å². The monoisotopic (exact) mass is 566 g/mol. The molecule has 12 heteroatoms. The van der Waals surface area contributed by atoms with E-state index in [-0.39, 0.29) is 23.0 Å². The van der Waals surface area contributed by atoms with Crippen molar-refractivity contribution in [2.75, 3.05) is 35.0 Å². The van der Waals surface area contributed by atoms with E-state index in [1.165, 1.54) is 40.6 Å². The molecule has 0 saturated carbocycles. The molecule has 0 bridgehead atoms. The van der Waals surface area contributed by atoms with Gasteiger partial charge in [0.05, 0.1) is 35.0 Å². The topological polar surface area (TPSA) is 166 Å². The van der Waals surface area contributed by atoms with Crippen molar-refractivity contribution in [3.63, 3.8) is 0 Å². The smallest absolute Gasteiger partial charge is 0.203 e. The van der Waals surface area contributed by atoms with Crippen LogP contribution in [0.4, 0.5) is 0 Å². The molecule has 40 heavy (non-hydrogen) atoms. The van der Waals surface area contributed by atoms with E-state index in [9.17, 15) is 25.5 Å². The summed E-state index contributed by atoms with van der Waals surface area (Å²) in [4.78, 5) is 0. The Bertz CT molecular complexity index is 1100. The van der Waals surface area contributed by atoms with Crippen LogP contribution in [0.5, 0.6) is 34.5 Å². The molecule has 3 rings (SSSR count). The number of hydrogen-bond donors (Lipinski definition) is 5. The molecule has 0 unspecified atom stereocenters. The predicted octanol–water partition coefficient (Wildman–Crippen LogP) is 1.78. The summed E-state index contributed by atoms with van der Waals surface area (Å²) in [5, 5.41) is 51.3. The van der Waals surface area contributed by atoms with E-state index in [1.807, 2.05) is 19.1 Å². The second-order valence-corrected chi connectivity index (χ2v) is 9.11. The first kappa shape index (κ1) is 31.3. The van der Waals surface area contributed by atoms with Crippen molar-refractivity contribution in [2.45, 2.75) is 56.8 Å². The maximum Gasteiger partial charge on any atom is 0.203 e. The molecule has 0 amide bonds. The zero-order chi connectivity index (χ0) is 29.6. The number of phenols is 1. The van der Waals surface area contributed by atoms with E-state index >= 15 is 0 Å². The Morgan fingerprint density at radius 3 is 1.88 bits per heavy atom. The lowest BCUT2D eigenvalue weighted by atomic mass is 9.98. The van der Waals surface area contributed by atoms with Crippen molar-refractivity contribution in [2.24, 2.45) is 0 Å². The Morgan fingerprint density at radius 1 is 0.850 bits per heavy atom. The van der Waals surface area contributed by atoms with Crippen LogP contribution >= 0.6 is 0 Å². The second-order valence-electron chi connectivity index (χ2n) is 9.11. The van der Waals surface area contributed by atoms with Crippen LogP contribution in [-0.4, -0.2) is 97.4 Å². The maximum absolute atomic E-state index is 10.7. The highest BCUT2D eigenvalue weighted by Gasteiger charge is 2.46. The highest BCUT2D eigenvalue weighted by atomic mass is 16.7. The van der Waals surface area contributed by atoms with Crippen molar-refractivity contribution in [1.29, 1.82) is 0 Å². The number of methoxy groups -OCH3 is 4. The number of aliphatic hydroxyl groups excluding tert-OH is 4. The average molecular weight is 567 g/mol. The van der Waals surface area contributed by atoms with Crippen LogP contribution in [0.2, 0.25) is 0 Å². The number of benzene rings is 2. The summed E-state index contributed by atoms with van der Waals surface area (Å²) >= 11 is 0. The molecule has 1 aliphatic heterocycles. The minimum Gasteiger partial charge on any atom is -0.502 e. The predicted molar refractivity (Wildman–Crippen MR) is 143 cm³/mol. The van der Waals surface area contributed by atoms with Gasteiger partial charge in [0.25, 0.3) is 0 Å². The zero-order valence-corrected chi connectivity index (χ0v) is 23.3. The van der Waals surface area contributed by atoms with Gasteiger partial charge in [-0.05, 0) is 49.2 Å². The molecule has 1 fully saturated rings. The molecule has 7 atom stereocenters. The van der Waals surface area contributed by atoms with Gasteiger partial charge in [-0.1, -0.05) is 12.2 Å². The molecule has 0 aromatic heterocycles. The van der Waals surface area contributed by atoms with Crippen molar-refractivity contribution in [3.05, 3.63) is 41.5 Å². The summed E-state index contributed by atoms with van der Waals surface area (Å²) in [5.74, 6) is 0.950. The Morgan fingerprint density at radius 2 is 1.40 bits per heavy atom. The molecule has 1 saturated heterocycles. The van der Waals surface area contributed by atoms with Gasteiger partial charge in [-0.3, -0.25) is 0 Å². The number of ether oxygens (including phenoxy) is 7. The van der Waals surface area contributed by atoms with E-state index in [0.29, 0.717) is 17.1 Å². The summed E-state index contributed by atoms with van der Waals surface area (Å²) in [7, 11) is 5.72. The van der Waals surface area contributed by atoms with Crippen LogP contribution < -0.4 is 23.7 Å². The van der Waals surface area contributed by atoms with Crippen LogP contribution in [0.1, 0.15) is 31.1 Å². The average Bonchev–Trinajstić information content (AvgIpc) is 2.96. The molecule has 0 aliphatic carbocycles. The van der Waals surface area contributed by atoms with E-state index in [4.69, 9.17) is 33.2 Å². The third-order valence-electron chi connectivity index (χ3n) is 6.53. The molecule has 2 aromatic rings. The van der Waals surface area contributed by atoms with Crippen molar-refractivity contribution in [1.82, 2.24) is 0 Å². The molecule has 1 heterocycles. The fraction of sp³-hybridized carbons (Fsp3) is 0.500. The third kappa shape index (κ3) is 6.54. The van der Waals surface area contributed by atoms with Crippen LogP contribution in [0, 0.1) is 0 Å². The SMILES string of the molecule is C/C=C/c1cc(OC)c(O[C@H](C)[C@@H](O[C@@H]2O[C@H](CO)[C@@H](O)[C@H](O)[C@H]2O)c2cc(OC)c(O)c(OC)c2)c(OC)c1. The van der Waals surface area contributed by atoms with Gasteiger partial charge in [0, 0.05) is 0 Å². The van der Waals surface area contributed by atoms with Gasteiger partial charge >= 0.3 is 0 Å². The fourth-order valence-corrected chi connectivity index (χ4v) is 4.42. The molecule has 12 nitrogen and oxygen atoms in total. The quantitative estimate of drug-likeness (QED) is 0.253. The van der Waals surface area contributed by atoms with Crippen molar-refractivity contribution >= 4 is 6.08 Å². The van der Waals surface area contributed by atoms with E-state index in [2.05, 4.69) is 0 Å². The minimum atomic E-state index is -1.67. The van der Waals surface area contributed by atoms with Crippen molar-refractivity contribution in [3.8, 4) is 34.5 Å². The lowest BCUT2D eigenvalue weighted by Crippen LogP contribution is -2.59. The van der Waals surface area contributed by atoms with E-state index in [0.717, 1.165) is 5.56 Å². The van der Waals surface area contributed by atoms with Gasteiger partial charge in [0.15, 0.2) is 29.3 Å². The number of rotatable bonds is 12. The van der Waals surface area contributed by atoms with Crippen LogP contribution in [0.3, 0.4) is 0 Å². The Hall–Kier alpha value is -3.26. The highest BCUT2D eigenvalue weighted by Crippen LogP contribution is 2.44. The molecular formula is C28H38O12. The molecule has 2 aromatic carbocycles. The van der Waals surface area contributed by atoms with Crippen LogP contribution in [0.15, 0.2) is 30.3 Å². The first-order chi connectivity index (χ1) is 19.1. The number of allylic oxidation sites excluding steroid dienone is 1. The Kier molecular flexibility index (Phi) is 10.9. The molecule has 222 valence electrons. The molecular weight excluding hydrogens is 528 g/mol. The lowest BCUT2D eigenvalue weighted by Gasteiger charge is -2.41. The number of aliphatic hydroxyl groups is 4. The zero-order valence-electron chi connectivity index (χ0n) is 23.3. The maximum atomic E-state index is 10.7. The largest absolute Gasteiger partial charge is 0.502 e. The minimum absolute atomic E-state index is 0.0785.